The van der Waals surface area contributed by atoms with Crippen molar-refractivity contribution in [3.63, 3.8) is 0 Å². The minimum absolute atomic E-state index is 0.102. The van der Waals surface area contributed by atoms with E-state index in [1.54, 1.807) is 35.2 Å². The van der Waals surface area contributed by atoms with Gasteiger partial charge in [-0.2, -0.15) is 5.26 Å². The molecule has 1 aromatic heterocycles. The number of nitriles is 1. The first kappa shape index (κ1) is 24.3. The summed E-state index contributed by atoms with van der Waals surface area (Å²) in [5.74, 6) is 1.80. The number of aromatic nitrogens is 2. The van der Waals surface area contributed by atoms with Gasteiger partial charge in [0.15, 0.2) is 0 Å². The van der Waals surface area contributed by atoms with Gasteiger partial charge in [0.1, 0.15) is 23.4 Å². The number of ether oxygens (including phenoxy) is 1. The molecule has 2 heterocycles. The van der Waals surface area contributed by atoms with Crippen LogP contribution in [0.2, 0.25) is 0 Å². The Bertz CT molecular complexity index is 1480. The molecule has 1 aliphatic heterocycles. The van der Waals surface area contributed by atoms with Crippen LogP contribution in [0.4, 0.5) is 5.69 Å². The molecule has 7 heteroatoms. The second-order valence-corrected chi connectivity index (χ2v) is 9.06. The fourth-order valence-corrected chi connectivity index (χ4v) is 4.72. The maximum absolute atomic E-state index is 13.6. The lowest BCUT2D eigenvalue weighted by molar-refractivity contribution is 0.0988. The van der Waals surface area contributed by atoms with E-state index in [0.29, 0.717) is 42.3 Å². The number of nitrogens with one attached hydrogen (secondary N) is 1. The highest BCUT2D eigenvalue weighted by Gasteiger charge is 2.20. The first-order chi connectivity index (χ1) is 18.1. The van der Waals surface area contributed by atoms with Crippen LogP contribution >= 0.6 is 0 Å². The van der Waals surface area contributed by atoms with Crippen LogP contribution in [-0.2, 0) is 19.5 Å². The molecular weight excluding hydrogens is 462 g/mol. The van der Waals surface area contributed by atoms with Crippen molar-refractivity contribution in [2.24, 2.45) is 0 Å². The number of hydrogen-bond acceptors (Lipinski definition) is 5. The topological polar surface area (TPSA) is 83.2 Å². The van der Waals surface area contributed by atoms with E-state index >= 15 is 0 Å². The summed E-state index contributed by atoms with van der Waals surface area (Å²) in [6.45, 7) is 6.54. The van der Waals surface area contributed by atoms with E-state index in [0.717, 1.165) is 41.3 Å². The minimum atomic E-state index is -0.102. The molecule has 5 rings (SSSR count). The van der Waals surface area contributed by atoms with Crippen molar-refractivity contribution in [2.45, 2.75) is 33.4 Å². The summed E-state index contributed by atoms with van der Waals surface area (Å²) >= 11 is 0. The largest absolute Gasteiger partial charge is 0.456 e. The molecule has 1 amide bonds. The van der Waals surface area contributed by atoms with Gasteiger partial charge >= 0.3 is 0 Å². The molecular formula is C30H29N5O2. The Morgan fingerprint density at radius 2 is 1.97 bits per heavy atom. The van der Waals surface area contributed by atoms with Crippen LogP contribution in [0.15, 0.2) is 72.9 Å². The number of carbonyl (C=O) groups is 1. The van der Waals surface area contributed by atoms with Gasteiger partial charge in [0.2, 0.25) is 0 Å². The van der Waals surface area contributed by atoms with Gasteiger partial charge in [-0.25, -0.2) is 4.98 Å². The molecule has 186 valence electrons. The first-order valence-electron chi connectivity index (χ1n) is 12.5. The number of imidazole rings is 1. The fraction of sp³-hybridized carbons (Fsp3) is 0.233. The second-order valence-electron chi connectivity index (χ2n) is 9.06. The highest BCUT2D eigenvalue weighted by molar-refractivity contribution is 6.06. The average molecular weight is 492 g/mol. The Balaban J connectivity index is 1.59. The minimum Gasteiger partial charge on any atom is -0.456 e. The molecule has 4 bridgehead atoms. The molecule has 0 spiro atoms. The first-order valence-corrected chi connectivity index (χ1v) is 12.5. The molecule has 3 aromatic carbocycles. The molecule has 7 nitrogen and oxygen atoms in total. The zero-order valence-electron chi connectivity index (χ0n) is 21.1. The van der Waals surface area contributed by atoms with E-state index in [2.05, 4.69) is 27.0 Å². The summed E-state index contributed by atoms with van der Waals surface area (Å²) in [5, 5.41) is 13.2. The monoisotopic (exact) mass is 491 g/mol. The van der Waals surface area contributed by atoms with E-state index in [9.17, 15) is 10.1 Å². The van der Waals surface area contributed by atoms with Gasteiger partial charge < -0.3 is 19.5 Å². The summed E-state index contributed by atoms with van der Waals surface area (Å²) in [6, 6.07) is 23.0. The molecule has 0 aliphatic carbocycles. The second kappa shape index (κ2) is 10.7. The molecule has 0 saturated carbocycles. The van der Waals surface area contributed by atoms with Crippen molar-refractivity contribution < 1.29 is 9.53 Å². The van der Waals surface area contributed by atoms with Crippen molar-refractivity contribution in [3.8, 4) is 17.6 Å². The van der Waals surface area contributed by atoms with E-state index in [1.807, 2.05) is 50.4 Å². The number of aryl methyl sites for hydroxylation is 1. The lowest BCUT2D eigenvalue weighted by Crippen LogP contribution is -2.32. The third-order valence-electron chi connectivity index (χ3n) is 6.67. The van der Waals surface area contributed by atoms with Crippen molar-refractivity contribution in [1.82, 2.24) is 14.9 Å². The number of fused-ring (bicyclic) bond motifs is 6. The van der Waals surface area contributed by atoms with Gasteiger partial charge in [-0.15, -0.1) is 0 Å². The number of benzene rings is 3. The van der Waals surface area contributed by atoms with Crippen LogP contribution in [0.3, 0.4) is 0 Å². The number of hydrogen-bond donors (Lipinski definition) is 1. The van der Waals surface area contributed by atoms with Gasteiger partial charge in [-0.3, -0.25) is 4.79 Å². The van der Waals surface area contributed by atoms with Crippen LogP contribution in [0, 0.1) is 18.3 Å². The summed E-state index contributed by atoms with van der Waals surface area (Å²) in [5.41, 5.74) is 5.04. The molecule has 0 atom stereocenters. The lowest BCUT2D eigenvalue weighted by Gasteiger charge is -2.24. The van der Waals surface area contributed by atoms with Crippen molar-refractivity contribution in [2.75, 3.05) is 18.0 Å². The zero-order valence-corrected chi connectivity index (χ0v) is 21.1. The van der Waals surface area contributed by atoms with Crippen LogP contribution in [0.1, 0.15) is 45.5 Å². The number of amides is 1. The Labute approximate surface area is 216 Å². The summed E-state index contributed by atoms with van der Waals surface area (Å²) in [4.78, 5) is 20.0. The molecule has 1 N–H and O–H groups in total. The van der Waals surface area contributed by atoms with Crippen LogP contribution in [0.25, 0.3) is 0 Å². The van der Waals surface area contributed by atoms with Crippen LogP contribution in [-0.4, -0.2) is 28.5 Å². The van der Waals surface area contributed by atoms with Gasteiger partial charge in [0.05, 0.1) is 5.56 Å². The Morgan fingerprint density at radius 3 is 2.81 bits per heavy atom. The smallest absolute Gasteiger partial charge is 0.258 e. The van der Waals surface area contributed by atoms with Crippen molar-refractivity contribution >= 4 is 11.6 Å². The summed E-state index contributed by atoms with van der Waals surface area (Å²) in [7, 11) is 0. The van der Waals surface area contributed by atoms with Gasteiger partial charge in [0.25, 0.3) is 5.91 Å². The zero-order chi connectivity index (χ0) is 25.8. The molecule has 0 fully saturated rings. The quantitative estimate of drug-likeness (QED) is 0.395. The SMILES string of the molecule is CCN1C(=O)c2cccc(c2)Oc2cc(ccc2C#N)Cn2c(cnc2C)CCNCc2ccccc21. The van der Waals surface area contributed by atoms with Gasteiger partial charge in [0, 0.05) is 55.7 Å². The highest BCUT2D eigenvalue weighted by atomic mass is 16.5. The lowest BCUT2D eigenvalue weighted by atomic mass is 10.1. The standard InChI is InChI=1S/C30H29N5O2/c1-3-34-28-10-5-4-7-25(28)18-32-14-13-26-19-33-21(2)35(26)20-22-11-12-24(17-31)29(15-22)37-27-9-6-8-23(16-27)30(34)36/h4-12,15-16,19,32H,3,13-14,18,20H2,1-2H3. The van der Waals surface area contributed by atoms with Gasteiger partial charge in [-0.1, -0.05) is 30.3 Å². The number of anilines is 1. The maximum atomic E-state index is 13.6. The Hall–Kier alpha value is -4.41. The van der Waals surface area contributed by atoms with Crippen LogP contribution < -0.4 is 15.0 Å². The average Bonchev–Trinajstić information content (AvgIpc) is 3.26. The molecule has 0 saturated heterocycles. The van der Waals surface area contributed by atoms with E-state index in [-0.39, 0.29) is 5.91 Å². The predicted octanol–water partition coefficient (Wildman–Crippen LogP) is 5.22. The molecule has 0 unspecified atom stereocenters. The molecule has 0 radical (unpaired) electrons. The third kappa shape index (κ3) is 5.11. The van der Waals surface area contributed by atoms with E-state index < -0.39 is 0 Å². The maximum Gasteiger partial charge on any atom is 0.258 e. The van der Waals surface area contributed by atoms with Crippen LogP contribution in [0.5, 0.6) is 11.5 Å². The van der Waals surface area contributed by atoms with E-state index in [4.69, 9.17) is 4.74 Å². The fourth-order valence-electron chi connectivity index (χ4n) is 4.72. The number of rotatable bonds is 1. The summed E-state index contributed by atoms with van der Waals surface area (Å²) in [6.07, 6.45) is 2.73. The molecule has 1 aliphatic rings. The van der Waals surface area contributed by atoms with Gasteiger partial charge in [-0.05, 0) is 61.4 Å². The third-order valence-corrected chi connectivity index (χ3v) is 6.67. The number of para-hydroxylation sites is 1. The Kier molecular flexibility index (Phi) is 7.02. The number of carbonyl (C=O) groups excluding carboxylic acids is 1. The Morgan fingerprint density at radius 1 is 1.11 bits per heavy atom. The normalized spacial score (nSPS) is 14.0. The molecule has 37 heavy (non-hydrogen) atoms. The number of nitrogens with zero attached hydrogens (tertiary/aromatic N) is 4. The summed E-state index contributed by atoms with van der Waals surface area (Å²) < 4.78 is 8.38. The molecule has 4 aromatic rings. The van der Waals surface area contributed by atoms with Crippen molar-refractivity contribution in [1.29, 1.82) is 5.26 Å². The predicted molar refractivity (Wildman–Crippen MR) is 143 cm³/mol. The van der Waals surface area contributed by atoms with E-state index in [1.165, 1.54) is 0 Å². The highest BCUT2D eigenvalue weighted by Crippen LogP contribution is 2.29. The van der Waals surface area contributed by atoms with Crippen molar-refractivity contribution in [3.05, 3.63) is 107 Å².